The minimum absolute atomic E-state index is 0.00780. The number of alkyl halides is 1. The van der Waals surface area contributed by atoms with Gasteiger partial charge in [-0.2, -0.15) is 0 Å². The standard InChI is InChI=1S/C18H16Br2ClNO3/c19-14-7-3-12(4-8-14)18(21,13-5-9-15(20)10-6-13)17(25)22-11-1-2-16(23)24/h3-10H,1-2,11H2,(H,22,25)(H,23,24). The van der Waals surface area contributed by atoms with Gasteiger partial charge in [-0.15, -0.1) is 0 Å². The highest BCUT2D eigenvalue weighted by Crippen LogP contribution is 2.38. The average Bonchev–Trinajstić information content (AvgIpc) is 2.59. The van der Waals surface area contributed by atoms with Gasteiger partial charge in [0.15, 0.2) is 4.87 Å². The third-order valence-electron chi connectivity index (χ3n) is 3.65. The Labute approximate surface area is 167 Å². The van der Waals surface area contributed by atoms with Crippen LogP contribution < -0.4 is 5.32 Å². The second-order valence-corrected chi connectivity index (χ2v) is 7.82. The van der Waals surface area contributed by atoms with E-state index >= 15 is 0 Å². The molecule has 0 aromatic heterocycles. The zero-order valence-electron chi connectivity index (χ0n) is 13.1. The first-order chi connectivity index (χ1) is 11.8. The van der Waals surface area contributed by atoms with Gasteiger partial charge in [-0.3, -0.25) is 9.59 Å². The zero-order valence-corrected chi connectivity index (χ0v) is 17.1. The highest BCUT2D eigenvalue weighted by molar-refractivity contribution is 9.10. The number of carboxylic acids is 1. The molecule has 0 bridgehead atoms. The van der Waals surface area contributed by atoms with Crippen molar-refractivity contribution in [2.45, 2.75) is 17.7 Å². The molecule has 0 unspecified atom stereocenters. The van der Waals surface area contributed by atoms with Crippen LogP contribution in [0.2, 0.25) is 0 Å². The van der Waals surface area contributed by atoms with E-state index < -0.39 is 10.8 Å². The maximum absolute atomic E-state index is 12.9. The van der Waals surface area contributed by atoms with E-state index in [1.165, 1.54) is 0 Å². The molecule has 0 radical (unpaired) electrons. The third kappa shape index (κ3) is 5.06. The van der Waals surface area contributed by atoms with Gasteiger partial charge in [-0.25, -0.2) is 0 Å². The highest BCUT2D eigenvalue weighted by Gasteiger charge is 2.39. The van der Waals surface area contributed by atoms with Gasteiger partial charge in [-0.05, 0) is 41.8 Å². The van der Waals surface area contributed by atoms with E-state index in [0.717, 1.165) is 8.95 Å². The lowest BCUT2D eigenvalue weighted by molar-refractivity contribution is -0.137. The predicted octanol–water partition coefficient (Wildman–Crippen LogP) is 4.68. The van der Waals surface area contributed by atoms with Crippen LogP contribution in [0.5, 0.6) is 0 Å². The number of benzene rings is 2. The van der Waals surface area contributed by atoms with Gasteiger partial charge >= 0.3 is 5.97 Å². The zero-order chi connectivity index (χ0) is 18.4. The molecule has 2 N–H and O–H groups in total. The summed E-state index contributed by atoms with van der Waals surface area (Å²) in [5.41, 5.74) is 1.27. The van der Waals surface area contributed by atoms with E-state index in [1.807, 2.05) is 24.3 Å². The van der Waals surface area contributed by atoms with Crippen LogP contribution in [0.25, 0.3) is 0 Å². The van der Waals surface area contributed by atoms with Gasteiger partial charge in [0.2, 0.25) is 5.91 Å². The van der Waals surface area contributed by atoms with Crippen LogP contribution in [0.1, 0.15) is 24.0 Å². The van der Waals surface area contributed by atoms with Gasteiger partial charge in [0, 0.05) is 21.9 Å². The van der Waals surface area contributed by atoms with Crippen molar-refractivity contribution in [3.05, 3.63) is 68.6 Å². The number of rotatable bonds is 7. The molecule has 0 spiro atoms. The second kappa shape index (κ2) is 8.83. The molecule has 2 aromatic carbocycles. The Hall–Kier alpha value is -1.37. The lowest BCUT2D eigenvalue weighted by atomic mass is 9.89. The molecule has 0 saturated heterocycles. The summed E-state index contributed by atoms with van der Waals surface area (Å²) in [6, 6.07) is 14.4. The Bertz CT molecular complexity index is 702. The molecule has 0 aliphatic rings. The van der Waals surface area contributed by atoms with Crippen molar-refractivity contribution in [3.63, 3.8) is 0 Å². The summed E-state index contributed by atoms with van der Waals surface area (Å²) in [4.78, 5) is 22.1. The lowest BCUT2D eigenvalue weighted by Crippen LogP contribution is -2.41. The fraction of sp³-hybridized carbons (Fsp3) is 0.222. The highest BCUT2D eigenvalue weighted by atomic mass is 79.9. The fourth-order valence-electron chi connectivity index (χ4n) is 2.35. The van der Waals surface area contributed by atoms with Crippen molar-refractivity contribution in [1.82, 2.24) is 5.32 Å². The van der Waals surface area contributed by atoms with E-state index in [-0.39, 0.29) is 18.9 Å². The summed E-state index contributed by atoms with van der Waals surface area (Å²) in [6.07, 6.45) is 0.334. The van der Waals surface area contributed by atoms with Crippen molar-refractivity contribution in [2.24, 2.45) is 0 Å². The molecule has 0 saturated carbocycles. The molecule has 0 fully saturated rings. The topological polar surface area (TPSA) is 66.4 Å². The maximum Gasteiger partial charge on any atom is 0.303 e. The molecular weight excluding hydrogens is 473 g/mol. The van der Waals surface area contributed by atoms with E-state index in [2.05, 4.69) is 37.2 Å². The molecule has 0 aliphatic heterocycles. The fourth-order valence-corrected chi connectivity index (χ4v) is 3.20. The Balaban J connectivity index is 2.31. The van der Waals surface area contributed by atoms with Gasteiger partial charge in [0.1, 0.15) is 0 Å². The van der Waals surface area contributed by atoms with Gasteiger partial charge in [0.05, 0.1) is 0 Å². The largest absolute Gasteiger partial charge is 0.481 e. The Morgan fingerprint density at radius 2 is 1.40 bits per heavy atom. The van der Waals surface area contributed by atoms with Gasteiger partial charge in [-0.1, -0.05) is 67.7 Å². The number of hydrogen-bond acceptors (Lipinski definition) is 2. The van der Waals surface area contributed by atoms with Crippen LogP contribution in [0.15, 0.2) is 57.5 Å². The van der Waals surface area contributed by atoms with Crippen LogP contribution >= 0.6 is 43.5 Å². The number of aliphatic carboxylic acids is 1. The van der Waals surface area contributed by atoms with E-state index in [1.54, 1.807) is 24.3 Å². The van der Waals surface area contributed by atoms with Crippen molar-refractivity contribution in [3.8, 4) is 0 Å². The average molecular weight is 490 g/mol. The molecule has 7 heteroatoms. The summed E-state index contributed by atoms with van der Waals surface area (Å²) >= 11 is 13.6. The van der Waals surface area contributed by atoms with Crippen LogP contribution in [-0.4, -0.2) is 23.5 Å². The van der Waals surface area contributed by atoms with Crippen molar-refractivity contribution >= 4 is 55.3 Å². The first-order valence-corrected chi connectivity index (χ1v) is 9.51. The summed E-state index contributed by atoms with van der Waals surface area (Å²) in [6.45, 7) is 0.243. The molecule has 2 rings (SSSR count). The SMILES string of the molecule is O=C(O)CCCNC(=O)C(Cl)(c1ccc(Br)cc1)c1ccc(Br)cc1. The van der Waals surface area contributed by atoms with Gasteiger partial charge in [0.25, 0.3) is 0 Å². The smallest absolute Gasteiger partial charge is 0.303 e. The van der Waals surface area contributed by atoms with Crippen LogP contribution in [-0.2, 0) is 14.5 Å². The van der Waals surface area contributed by atoms with Gasteiger partial charge < -0.3 is 10.4 Å². The maximum atomic E-state index is 12.9. The quantitative estimate of drug-likeness (QED) is 0.439. The van der Waals surface area contributed by atoms with Crippen LogP contribution in [0.4, 0.5) is 0 Å². The molecule has 0 atom stereocenters. The molecule has 25 heavy (non-hydrogen) atoms. The molecule has 0 heterocycles. The number of hydrogen-bond donors (Lipinski definition) is 2. The molecule has 132 valence electrons. The van der Waals surface area contributed by atoms with Crippen LogP contribution in [0, 0.1) is 0 Å². The minimum atomic E-state index is -1.40. The molecule has 2 aromatic rings. The molecule has 0 aliphatic carbocycles. The number of carboxylic acid groups (broad SMARTS) is 1. The predicted molar refractivity (Wildman–Crippen MR) is 105 cm³/mol. The van der Waals surface area contributed by atoms with E-state index in [0.29, 0.717) is 17.5 Å². The van der Waals surface area contributed by atoms with Crippen molar-refractivity contribution in [2.75, 3.05) is 6.54 Å². The molecule has 1 amide bonds. The summed E-state index contributed by atoms with van der Waals surface area (Å²) in [5.74, 6) is -1.28. The molecular formula is C18H16Br2ClNO3. The minimum Gasteiger partial charge on any atom is -0.481 e. The first kappa shape index (κ1) is 19.9. The van der Waals surface area contributed by atoms with Crippen molar-refractivity contribution < 1.29 is 14.7 Å². The van der Waals surface area contributed by atoms with E-state index in [4.69, 9.17) is 16.7 Å². The Kier molecular flexibility index (Phi) is 7.04. The number of carbonyl (C=O) groups is 2. The van der Waals surface area contributed by atoms with Crippen LogP contribution in [0.3, 0.4) is 0 Å². The first-order valence-electron chi connectivity index (χ1n) is 7.55. The summed E-state index contributed by atoms with van der Waals surface area (Å²) < 4.78 is 1.76. The Morgan fingerprint density at radius 1 is 0.960 bits per heavy atom. The van der Waals surface area contributed by atoms with E-state index in [9.17, 15) is 9.59 Å². The monoisotopic (exact) mass is 487 g/mol. The summed E-state index contributed by atoms with van der Waals surface area (Å²) in [7, 11) is 0. The number of carbonyl (C=O) groups excluding carboxylic acids is 1. The normalized spacial score (nSPS) is 11.2. The lowest BCUT2D eigenvalue weighted by Gasteiger charge is -2.27. The third-order valence-corrected chi connectivity index (χ3v) is 5.32. The second-order valence-electron chi connectivity index (χ2n) is 5.43. The number of nitrogens with one attached hydrogen (secondary N) is 1. The number of amides is 1. The summed E-state index contributed by atoms with van der Waals surface area (Å²) in [5, 5.41) is 11.4. The number of halogens is 3. The Morgan fingerprint density at radius 3 is 1.80 bits per heavy atom. The van der Waals surface area contributed by atoms with Crippen molar-refractivity contribution in [1.29, 1.82) is 0 Å². The molecule has 4 nitrogen and oxygen atoms in total.